The van der Waals surface area contributed by atoms with E-state index in [9.17, 15) is 4.79 Å². The molecule has 0 aliphatic heterocycles. The lowest BCUT2D eigenvalue weighted by molar-refractivity contribution is -0.139. The predicted octanol–water partition coefficient (Wildman–Crippen LogP) is 5.76. The van der Waals surface area contributed by atoms with Gasteiger partial charge in [-0.25, -0.2) is 9.78 Å². The summed E-state index contributed by atoms with van der Waals surface area (Å²) in [6.45, 7) is 12.9. The molecule has 1 unspecified atom stereocenters. The molecule has 0 aliphatic rings. The summed E-state index contributed by atoms with van der Waals surface area (Å²) in [7, 11) is -1.97. The quantitative estimate of drug-likeness (QED) is 0.352. The minimum absolute atomic E-state index is 0.0853. The van der Waals surface area contributed by atoms with E-state index in [1.807, 2.05) is 31.2 Å². The molecule has 8 heteroatoms. The van der Waals surface area contributed by atoms with Crippen molar-refractivity contribution in [2.75, 3.05) is 13.2 Å². The molecule has 164 valence electrons. The first-order chi connectivity index (χ1) is 13.9. The fraction of sp³-hybridized carbons (Fsp3) is 0.455. The molecule has 0 saturated carbocycles. The fourth-order valence-electron chi connectivity index (χ4n) is 2.44. The molecule has 6 nitrogen and oxygen atoms in total. The van der Waals surface area contributed by atoms with Crippen LogP contribution in [0.25, 0.3) is 0 Å². The third kappa shape index (κ3) is 6.82. The number of carboxylic acids is 1. The van der Waals surface area contributed by atoms with Crippen molar-refractivity contribution in [1.82, 2.24) is 4.98 Å². The Bertz CT molecular complexity index is 882. The molecule has 1 aromatic heterocycles. The minimum Gasteiger partial charge on any atom is -0.482 e. The first-order valence-corrected chi connectivity index (χ1v) is 13.5. The van der Waals surface area contributed by atoms with E-state index in [1.54, 1.807) is 12.1 Å². The number of halogens is 1. The average molecular weight is 496 g/mol. The Kier molecular flexibility index (Phi) is 8.07. The number of carbonyl (C=O) groups is 1. The lowest BCUT2D eigenvalue weighted by Gasteiger charge is -2.37. The number of carboxylic acid groups (broad SMARTS) is 1. The molecule has 1 aromatic carbocycles. The summed E-state index contributed by atoms with van der Waals surface area (Å²) in [5, 5.41) is 8.88. The van der Waals surface area contributed by atoms with Gasteiger partial charge in [0.05, 0.1) is 12.3 Å². The van der Waals surface area contributed by atoms with E-state index >= 15 is 0 Å². The summed E-state index contributed by atoms with van der Waals surface area (Å²) in [5.74, 6) is 0.137. The number of rotatable bonds is 9. The van der Waals surface area contributed by atoms with Crippen LogP contribution in [0.4, 0.5) is 0 Å². The zero-order chi connectivity index (χ0) is 22.5. The second-order valence-electron chi connectivity index (χ2n) is 8.67. The highest BCUT2D eigenvalue weighted by Gasteiger charge is 2.38. The van der Waals surface area contributed by atoms with Crippen molar-refractivity contribution in [2.24, 2.45) is 0 Å². The van der Waals surface area contributed by atoms with Crippen LogP contribution in [0, 0.1) is 6.92 Å². The first kappa shape index (κ1) is 24.4. The van der Waals surface area contributed by atoms with Crippen molar-refractivity contribution in [3.05, 3.63) is 52.3 Å². The molecule has 1 heterocycles. The summed E-state index contributed by atoms with van der Waals surface area (Å²) >= 11 is 3.43. The Labute approximate surface area is 187 Å². The molecule has 0 amide bonds. The first-order valence-electron chi connectivity index (χ1n) is 9.77. The molecule has 0 saturated heterocycles. The normalized spacial score (nSPS) is 13.0. The highest BCUT2D eigenvalue weighted by molar-refractivity contribution is 9.10. The van der Waals surface area contributed by atoms with Gasteiger partial charge in [0, 0.05) is 0 Å². The number of aryl methyl sites for hydroxylation is 1. The fourth-order valence-corrected chi connectivity index (χ4v) is 3.80. The summed E-state index contributed by atoms with van der Waals surface area (Å²) in [4.78, 5) is 15.3. The number of aromatic nitrogens is 1. The maximum absolute atomic E-state index is 10.7. The monoisotopic (exact) mass is 495 g/mol. The molecule has 0 aliphatic carbocycles. The molecule has 0 bridgehead atoms. The SMILES string of the molecule is Cc1cc(OC(CO[Si](C)(C)C(C)(C)C)c2cccc(Br)n2)ccc1OCC(=O)O. The van der Waals surface area contributed by atoms with Crippen LogP contribution in [0.1, 0.15) is 38.1 Å². The van der Waals surface area contributed by atoms with Gasteiger partial charge in [-0.1, -0.05) is 26.8 Å². The number of hydrogen-bond donors (Lipinski definition) is 1. The van der Waals surface area contributed by atoms with Crippen molar-refractivity contribution in [2.45, 2.75) is 51.9 Å². The van der Waals surface area contributed by atoms with Gasteiger partial charge in [-0.3, -0.25) is 0 Å². The maximum atomic E-state index is 10.7. The summed E-state index contributed by atoms with van der Waals surface area (Å²) in [6, 6.07) is 11.0. The van der Waals surface area contributed by atoms with Crippen molar-refractivity contribution < 1.29 is 23.8 Å². The number of hydrogen-bond acceptors (Lipinski definition) is 5. The van der Waals surface area contributed by atoms with Gasteiger partial charge in [0.25, 0.3) is 0 Å². The van der Waals surface area contributed by atoms with E-state index in [1.165, 1.54) is 0 Å². The number of benzene rings is 1. The van der Waals surface area contributed by atoms with E-state index in [0.717, 1.165) is 15.9 Å². The van der Waals surface area contributed by atoms with Gasteiger partial charge in [-0.15, -0.1) is 0 Å². The van der Waals surface area contributed by atoms with Gasteiger partial charge in [0.1, 0.15) is 16.1 Å². The standard InChI is InChI=1S/C22H30BrNO5Si/c1-15-12-16(10-11-18(15)27-14-21(25)26)29-19(17-8-7-9-20(23)24-17)13-28-30(5,6)22(2,3)4/h7-12,19H,13-14H2,1-6H3,(H,25,26). The lowest BCUT2D eigenvalue weighted by Crippen LogP contribution is -2.42. The molecule has 1 atom stereocenters. The van der Waals surface area contributed by atoms with Crippen LogP contribution in [0.3, 0.4) is 0 Å². The van der Waals surface area contributed by atoms with Gasteiger partial charge in [0.2, 0.25) is 0 Å². The van der Waals surface area contributed by atoms with Gasteiger partial charge >= 0.3 is 5.97 Å². The second-order valence-corrected chi connectivity index (χ2v) is 14.3. The van der Waals surface area contributed by atoms with E-state index in [2.05, 4.69) is 54.8 Å². The molecule has 2 rings (SSSR count). The zero-order valence-corrected chi connectivity index (χ0v) is 20.9. The van der Waals surface area contributed by atoms with Crippen LogP contribution in [0.5, 0.6) is 11.5 Å². The topological polar surface area (TPSA) is 77.9 Å². The van der Waals surface area contributed by atoms with Crippen LogP contribution in [-0.2, 0) is 9.22 Å². The number of aliphatic carboxylic acids is 1. The van der Waals surface area contributed by atoms with Crippen molar-refractivity contribution >= 4 is 30.2 Å². The van der Waals surface area contributed by atoms with Crippen molar-refractivity contribution in [3.8, 4) is 11.5 Å². The molecule has 0 fully saturated rings. The molecule has 0 radical (unpaired) electrons. The maximum Gasteiger partial charge on any atom is 0.341 e. The Hall–Kier alpha value is -1.90. The number of nitrogens with zero attached hydrogens (tertiary/aromatic N) is 1. The smallest absolute Gasteiger partial charge is 0.341 e. The van der Waals surface area contributed by atoms with Crippen LogP contribution in [0.2, 0.25) is 18.1 Å². The summed E-state index contributed by atoms with van der Waals surface area (Å²) < 4.78 is 18.7. The zero-order valence-electron chi connectivity index (χ0n) is 18.4. The minimum atomic E-state index is -1.97. The van der Waals surface area contributed by atoms with E-state index < -0.39 is 14.3 Å². The van der Waals surface area contributed by atoms with E-state index in [-0.39, 0.29) is 17.7 Å². The summed E-state index contributed by atoms with van der Waals surface area (Å²) in [5.41, 5.74) is 1.56. The lowest BCUT2D eigenvalue weighted by atomic mass is 10.2. The number of ether oxygens (including phenoxy) is 2. The van der Waals surface area contributed by atoms with Gasteiger partial charge < -0.3 is 19.0 Å². The molecule has 0 spiro atoms. The van der Waals surface area contributed by atoms with Crippen LogP contribution < -0.4 is 9.47 Å². The van der Waals surface area contributed by atoms with Crippen molar-refractivity contribution in [3.63, 3.8) is 0 Å². The predicted molar refractivity (Wildman–Crippen MR) is 123 cm³/mol. The molecular weight excluding hydrogens is 466 g/mol. The summed E-state index contributed by atoms with van der Waals surface area (Å²) in [6.07, 6.45) is -0.387. The van der Waals surface area contributed by atoms with Crippen LogP contribution >= 0.6 is 15.9 Å². The van der Waals surface area contributed by atoms with Gasteiger partial charge in [-0.05, 0) is 76.9 Å². The molecule has 30 heavy (non-hydrogen) atoms. The average Bonchev–Trinajstić information content (AvgIpc) is 2.63. The second kappa shape index (κ2) is 9.94. The van der Waals surface area contributed by atoms with E-state index in [4.69, 9.17) is 19.0 Å². The molecule has 1 N–H and O–H groups in total. The Balaban J connectivity index is 2.23. The molecule has 2 aromatic rings. The Morgan fingerprint density at radius 1 is 1.23 bits per heavy atom. The highest BCUT2D eigenvalue weighted by atomic mass is 79.9. The van der Waals surface area contributed by atoms with Crippen LogP contribution in [-0.4, -0.2) is 37.6 Å². The molecular formula is C22H30BrNO5Si. The highest BCUT2D eigenvalue weighted by Crippen LogP contribution is 2.37. The number of pyridine rings is 1. The largest absolute Gasteiger partial charge is 0.482 e. The van der Waals surface area contributed by atoms with E-state index in [0.29, 0.717) is 18.1 Å². The van der Waals surface area contributed by atoms with Gasteiger partial charge in [-0.2, -0.15) is 0 Å². The van der Waals surface area contributed by atoms with Gasteiger partial charge in [0.15, 0.2) is 21.0 Å². The third-order valence-corrected chi connectivity index (χ3v) is 10.2. The Morgan fingerprint density at radius 3 is 2.50 bits per heavy atom. The third-order valence-electron chi connectivity index (χ3n) is 5.24. The van der Waals surface area contributed by atoms with Crippen molar-refractivity contribution in [1.29, 1.82) is 0 Å². The van der Waals surface area contributed by atoms with Crippen LogP contribution in [0.15, 0.2) is 41.0 Å². The Morgan fingerprint density at radius 2 is 1.93 bits per heavy atom.